The van der Waals surface area contributed by atoms with Gasteiger partial charge >= 0.3 is 37.1 Å². The van der Waals surface area contributed by atoms with Gasteiger partial charge in [-0.05, 0) is 108 Å². The Balaban J connectivity index is 1.60. The molecule has 21 heteroatoms. The Hall–Kier alpha value is -6.85. The molecule has 64 heavy (non-hydrogen) atoms. The van der Waals surface area contributed by atoms with Gasteiger partial charge in [-0.3, -0.25) is 0 Å². The summed E-state index contributed by atoms with van der Waals surface area (Å²) in [6, 6.07) is 9.15. The quantitative estimate of drug-likeness (QED) is 0.124. The van der Waals surface area contributed by atoms with Gasteiger partial charge in [-0.15, -0.1) is 0 Å². The van der Waals surface area contributed by atoms with Crippen molar-refractivity contribution in [3.05, 3.63) is 148 Å². The maximum Gasteiger partial charge on any atom is 0.416 e. The van der Waals surface area contributed by atoms with Gasteiger partial charge in [0, 0.05) is 21.5 Å². The number of aromatic nitrogens is 2. The smallest absolute Gasteiger partial charge is 0.308 e. The van der Waals surface area contributed by atoms with Crippen LogP contribution in [-0.4, -0.2) is 9.13 Å². The average molecular weight is 918 g/mol. The molecule has 0 fully saturated rings. The van der Waals surface area contributed by atoms with E-state index in [1.807, 2.05) is 0 Å². The molecular weight excluding hydrogens is 900 g/mol. The molecule has 0 aliphatic heterocycles. The summed E-state index contributed by atoms with van der Waals surface area (Å²) in [5, 5.41) is -2.06. The van der Waals surface area contributed by atoms with Gasteiger partial charge in [0.1, 0.15) is 0 Å². The van der Waals surface area contributed by atoms with Crippen molar-refractivity contribution in [2.45, 2.75) is 37.1 Å². The highest BCUT2D eigenvalue weighted by Gasteiger charge is 2.40. The minimum Gasteiger partial charge on any atom is -0.308 e. The van der Waals surface area contributed by atoms with Gasteiger partial charge in [0.15, 0.2) is 5.69 Å². The van der Waals surface area contributed by atoms with Gasteiger partial charge in [0.2, 0.25) is 0 Å². The zero-order chi connectivity index (χ0) is 46.9. The lowest BCUT2D eigenvalue weighted by molar-refractivity contribution is -0.143. The minimum atomic E-state index is -5.57. The lowest BCUT2D eigenvalue weighted by Gasteiger charge is -2.22. The molecule has 0 amide bonds. The van der Waals surface area contributed by atoms with Crippen LogP contribution >= 0.6 is 0 Å². The molecule has 2 heterocycles. The van der Waals surface area contributed by atoms with Crippen molar-refractivity contribution in [1.82, 2.24) is 9.13 Å². The van der Waals surface area contributed by atoms with Crippen molar-refractivity contribution < 1.29 is 79.0 Å². The second kappa shape index (κ2) is 14.1. The summed E-state index contributed by atoms with van der Waals surface area (Å²) >= 11 is 0. The van der Waals surface area contributed by atoms with E-state index in [1.54, 1.807) is 0 Å². The normalized spacial score (nSPS) is 13.5. The Morgan fingerprint density at radius 2 is 0.625 bits per heavy atom. The topological polar surface area (TPSA) is 14.2 Å². The molecule has 8 aromatic rings. The zero-order valence-corrected chi connectivity index (χ0v) is 31.0. The zero-order valence-electron chi connectivity index (χ0n) is 31.0. The first kappa shape index (κ1) is 43.8. The summed E-state index contributed by atoms with van der Waals surface area (Å²) in [6.07, 6.45) is -31.2. The van der Waals surface area contributed by atoms with Crippen molar-refractivity contribution in [3.8, 4) is 22.5 Å². The molecule has 6 aromatic carbocycles. The Kier molecular flexibility index (Phi) is 9.63. The molecule has 0 bridgehead atoms. The monoisotopic (exact) mass is 917 g/mol. The first-order chi connectivity index (χ1) is 29.5. The van der Waals surface area contributed by atoms with Crippen LogP contribution in [0.2, 0.25) is 0 Å². The number of halogens is 18. The highest BCUT2D eigenvalue weighted by molar-refractivity contribution is 6.12. The van der Waals surface area contributed by atoms with Crippen LogP contribution in [0.1, 0.15) is 33.4 Å². The third-order valence-corrected chi connectivity index (χ3v) is 10.5. The predicted octanol–water partition coefficient (Wildman–Crippen LogP) is 16.2. The predicted molar refractivity (Wildman–Crippen MR) is 197 cm³/mol. The maximum absolute atomic E-state index is 14.7. The maximum atomic E-state index is 14.7. The van der Waals surface area contributed by atoms with Gasteiger partial charge in [-0.25, -0.2) is 4.85 Å². The fraction of sp³-hybridized carbons (Fsp3) is 0.140. The summed E-state index contributed by atoms with van der Waals surface area (Å²) < 4.78 is 256. The van der Waals surface area contributed by atoms with E-state index in [9.17, 15) is 79.0 Å². The minimum absolute atomic E-state index is 0.252. The molecule has 2 aromatic heterocycles. The van der Waals surface area contributed by atoms with Gasteiger partial charge in [0.25, 0.3) is 0 Å². The van der Waals surface area contributed by atoms with Gasteiger partial charge in [-0.2, -0.15) is 79.0 Å². The summed E-state index contributed by atoms with van der Waals surface area (Å²) in [7, 11) is 0. The van der Waals surface area contributed by atoms with Gasteiger partial charge < -0.3 is 9.13 Å². The third-order valence-electron chi connectivity index (χ3n) is 10.5. The van der Waals surface area contributed by atoms with E-state index in [1.165, 1.54) is 0 Å². The molecule has 0 spiro atoms. The van der Waals surface area contributed by atoms with Gasteiger partial charge in [-0.1, -0.05) is 6.07 Å². The Morgan fingerprint density at radius 1 is 0.328 bits per heavy atom. The van der Waals surface area contributed by atoms with Crippen LogP contribution in [0.4, 0.5) is 84.7 Å². The lowest BCUT2D eigenvalue weighted by atomic mass is 9.94. The van der Waals surface area contributed by atoms with Crippen molar-refractivity contribution >= 4 is 49.3 Å². The molecule has 0 saturated carbocycles. The van der Waals surface area contributed by atoms with Crippen LogP contribution in [0.15, 0.2) is 103 Å². The molecule has 0 aliphatic rings. The largest absolute Gasteiger partial charge is 0.416 e. The molecule has 0 unspecified atom stereocenters. The SMILES string of the molecule is [C-]#[N+]c1cc(-n2c3ccc(C(F)(F)F)cc3c3cc(C(F)(F)F)ccc32)c(-n2c3ccc(C(F)(F)F)cc3c3cc(C(F)(F)F)ccc32)cc1-c1ccc(C(F)(F)F)cc1C(F)(F)F. The molecule has 0 N–H and O–H groups in total. The molecule has 8 rings (SSSR count). The standard InChI is InChI=1S/C43H17F18N3/c1-62-31-18-37(64-34-10-5-21(40(50,51)52)14-28(34)29-15-22(41(53,54)55)6-11-35(29)64)36(17-25(31)24-7-2-23(42(56,57)58)16-30(24)43(59,60)61)63-32-8-3-19(38(44,45)46)12-26(32)27-13-20(39(47,48)49)4-9-33(27)63/h2-18H. The van der Waals surface area contributed by atoms with Crippen LogP contribution in [0.3, 0.4) is 0 Å². The third kappa shape index (κ3) is 7.37. The number of rotatable bonds is 3. The van der Waals surface area contributed by atoms with Crippen LogP contribution < -0.4 is 0 Å². The Labute approximate surface area is 344 Å². The number of hydrogen-bond acceptors (Lipinski definition) is 0. The fourth-order valence-corrected chi connectivity index (χ4v) is 7.69. The van der Waals surface area contributed by atoms with Crippen LogP contribution in [0.25, 0.3) is 71.0 Å². The summed E-state index contributed by atoms with van der Waals surface area (Å²) in [5.74, 6) is 0. The van der Waals surface area contributed by atoms with Crippen molar-refractivity contribution in [1.29, 1.82) is 0 Å². The van der Waals surface area contributed by atoms with Crippen LogP contribution in [-0.2, 0) is 37.1 Å². The average Bonchev–Trinajstić information content (AvgIpc) is 3.69. The van der Waals surface area contributed by atoms with E-state index in [0.717, 1.165) is 45.5 Å². The van der Waals surface area contributed by atoms with Gasteiger partial charge in [0.05, 0.1) is 73.4 Å². The Bertz CT molecular complexity index is 3110. The highest BCUT2D eigenvalue weighted by Crippen LogP contribution is 2.49. The number of alkyl halides is 18. The van der Waals surface area contributed by atoms with E-state index in [4.69, 9.17) is 6.57 Å². The second-order valence-electron chi connectivity index (χ2n) is 14.3. The van der Waals surface area contributed by atoms with E-state index in [0.29, 0.717) is 54.6 Å². The second-order valence-corrected chi connectivity index (χ2v) is 14.3. The number of benzene rings is 6. The molecule has 0 atom stereocenters. The van der Waals surface area contributed by atoms with E-state index < -0.39 is 120 Å². The fourth-order valence-electron chi connectivity index (χ4n) is 7.69. The van der Waals surface area contributed by atoms with E-state index >= 15 is 0 Å². The summed E-state index contributed by atoms with van der Waals surface area (Å²) in [6.45, 7) is 8.00. The number of nitrogens with zero attached hydrogens (tertiary/aromatic N) is 3. The summed E-state index contributed by atoms with van der Waals surface area (Å²) in [4.78, 5) is 3.28. The van der Waals surface area contributed by atoms with E-state index in [2.05, 4.69) is 4.85 Å². The molecule has 0 saturated heterocycles. The number of fused-ring (bicyclic) bond motifs is 6. The Morgan fingerprint density at radius 3 is 0.922 bits per heavy atom. The molecule has 330 valence electrons. The van der Waals surface area contributed by atoms with Crippen molar-refractivity contribution in [2.75, 3.05) is 0 Å². The van der Waals surface area contributed by atoms with Crippen LogP contribution in [0.5, 0.6) is 0 Å². The molecule has 0 radical (unpaired) electrons. The number of hydrogen-bond donors (Lipinski definition) is 0. The lowest BCUT2D eigenvalue weighted by Crippen LogP contribution is -2.12. The first-order valence-corrected chi connectivity index (χ1v) is 17.8. The highest BCUT2D eigenvalue weighted by atomic mass is 19.4. The molecule has 0 aliphatic carbocycles. The molecular formula is C43H17F18N3. The summed E-state index contributed by atoms with van der Waals surface area (Å²) in [5.41, 5.74) is -14.3. The van der Waals surface area contributed by atoms with Crippen molar-refractivity contribution in [2.24, 2.45) is 0 Å². The molecule has 3 nitrogen and oxygen atoms in total. The van der Waals surface area contributed by atoms with E-state index in [-0.39, 0.29) is 34.2 Å². The van der Waals surface area contributed by atoms with Crippen LogP contribution in [0, 0.1) is 6.57 Å². The first-order valence-electron chi connectivity index (χ1n) is 17.8. The van der Waals surface area contributed by atoms with Crippen molar-refractivity contribution in [3.63, 3.8) is 0 Å².